The SMILES string of the molecule is CC1(C)c2ccccc2-c2c1ccc1c2Oc2c(cccc2-c2ccc(-c3nc(-c4ccccc4)cc(-c4ccc(-c5cccc6c5oc5ccccc56)cc4)n3)cc2)O1. The van der Waals surface area contributed by atoms with Gasteiger partial charge in [0.15, 0.2) is 28.8 Å². The van der Waals surface area contributed by atoms with Crippen molar-refractivity contribution in [2.75, 3.05) is 0 Å². The second-order valence-corrected chi connectivity index (χ2v) is 16.1. The molecule has 0 unspecified atom stereocenters. The highest BCUT2D eigenvalue weighted by Gasteiger charge is 2.39. The van der Waals surface area contributed by atoms with E-state index in [1.165, 1.54) is 16.7 Å². The summed E-state index contributed by atoms with van der Waals surface area (Å²) in [5.41, 5.74) is 15.2. The molecule has 5 nitrogen and oxygen atoms in total. The highest BCUT2D eigenvalue weighted by Crippen LogP contribution is 2.59. The number of hydrogen-bond acceptors (Lipinski definition) is 5. The van der Waals surface area contributed by atoms with E-state index < -0.39 is 0 Å². The Morgan fingerprint density at radius 2 is 1.02 bits per heavy atom. The third-order valence-electron chi connectivity index (χ3n) is 12.2. The summed E-state index contributed by atoms with van der Waals surface area (Å²) in [5, 5.41) is 2.23. The number of ether oxygens (including phenoxy) is 2. The summed E-state index contributed by atoms with van der Waals surface area (Å²) >= 11 is 0. The van der Waals surface area contributed by atoms with E-state index in [9.17, 15) is 0 Å². The molecule has 0 radical (unpaired) electrons. The topological polar surface area (TPSA) is 57.4 Å². The van der Waals surface area contributed by atoms with E-state index in [1.807, 2.05) is 48.5 Å². The Bertz CT molecular complexity index is 3330. The Labute approximate surface area is 347 Å². The second kappa shape index (κ2) is 13.1. The van der Waals surface area contributed by atoms with Crippen molar-refractivity contribution in [3.05, 3.63) is 193 Å². The molecular weight excluding hydrogens is 737 g/mol. The van der Waals surface area contributed by atoms with Gasteiger partial charge in [-0.25, -0.2) is 9.97 Å². The first-order valence-electron chi connectivity index (χ1n) is 20.3. The molecule has 0 atom stereocenters. The van der Waals surface area contributed by atoms with Crippen molar-refractivity contribution in [2.45, 2.75) is 19.3 Å². The Kier molecular flexibility index (Phi) is 7.51. The molecule has 10 aromatic rings. The molecule has 3 heterocycles. The van der Waals surface area contributed by atoms with Crippen LogP contribution in [0, 0.1) is 0 Å². The van der Waals surface area contributed by atoms with Crippen LogP contribution in [0.4, 0.5) is 0 Å². The minimum Gasteiger partial charge on any atom is -0.455 e. The zero-order valence-corrected chi connectivity index (χ0v) is 32.9. The van der Waals surface area contributed by atoms with Crippen LogP contribution in [0.25, 0.3) is 89.2 Å². The number of nitrogens with zero attached hydrogens (tertiary/aromatic N) is 2. The molecule has 0 saturated heterocycles. The minimum absolute atomic E-state index is 0.144. The average molecular weight is 773 g/mol. The van der Waals surface area contributed by atoms with Gasteiger partial charge in [-0.15, -0.1) is 0 Å². The van der Waals surface area contributed by atoms with Crippen molar-refractivity contribution in [2.24, 2.45) is 0 Å². The summed E-state index contributed by atoms with van der Waals surface area (Å²) in [6.07, 6.45) is 0. The molecule has 0 amide bonds. The summed E-state index contributed by atoms with van der Waals surface area (Å²) in [7, 11) is 0. The molecule has 2 aromatic heterocycles. The first-order valence-corrected chi connectivity index (χ1v) is 20.3. The van der Waals surface area contributed by atoms with Crippen molar-refractivity contribution in [1.29, 1.82) is 0 Å². The molecule has 0 N–H and O–H groups in total. The van der Waals surface area contributed by atoms with Gasteiger partial charge in [0.05, 0.1) is 11.4 Å². The van der Waals surface area contributed by atoms with Gasteiger partial charge in [0, 0.05) is 49.6 Å². The lowest BCUT2D eigenvalue weighted by Crippen LogP contribution is -2.15. The number of aromatic nitrogens is 2. The van der Waals surface area contributed by atoms with E-state index in [0.29, 0.717) is 17.3 Å². The summed E-state index contributed by atoms with van der Waals surface area (Å²) in [4.78, 5) is 10.3. The number of fused-ring (bicyclic) bond motifs is 9. The fraction of sp³-hybridized carbons (Fsp3) is 0.0545. The largest absolute Gasteiger partial charge is 0.455 e. The Hall–Kier alpha value is -7.76. The number of furan rings is 1. The Morgan fingerprint density at radius 3 is 1.83 bits per heavy atom. The van der Waals surface area contributed by atoms with Crippen LogP contribution in [0.5, 0.6) is 23.0 Å². The van der Waals surface area contributed by atoms with Crippen molar-refractivity contribution in [3.8, 4) is 90.3 Å². The minimum atomic E-state index is -0.144. The van der Waals surface area contributed by atoms with Gasteiger partial charge in [-0.3, -0.25) is 0 Å². The molecule has 0 saturated carbocycles. The molecule has 12 rings (SSSR count). The fourth-order valence-corrected chi connectivity index (χ4v) is 9.15. The number of para-hydroxylation sites is 3. The molecule has 284 valence electrons. The van der Waals surface area contributed by atoms with Gasteiger partial charge < -0.3 is 13.9 Å². The lowest BCUT2D eigenvalue weighted by Gasteiger charge is -2.26. The maximum absolute atomic E-state index is 6.92. The quantitative estimate of drug-likeness (QED) is 0.174. The summed E-state index contributed by atoms with van der Waals surface area (Å²) in [6.45, 7) is 4.55. The maximum Gasteiger partial charge on any atom is 0.178 e. The highest BCUT2D eigenvalue weighted by molar-refractivity contribution is 6.09. The zero-order chi connectivity index (χ0) is 40.0. The van der Waals surface area contributed by atoms with Crippen LogP contribution in [0.15, 0.2) is 186 Å². The van der Waals surface area contributed by atoms with Gasteiger partial charge in [0.25, 0.3) is 0 Å². The van der Waals surface area contributed by atoms with Crippen LogP contribution < -0.4 is 9.47 Å². The number of hydrogen-bond donors (Lipinski definition) is 0. The molecule has 5 heteroatoms. The summed E-state index contributed by atoms with van der Waals surface area (Å²) in [6, 6.07) is 62.8. The highest BCUT2D eigenvalue weighted by atomic mass is 16.6. The Balaban J connectivity index is 0.901. The first-order chi connectivity index (χ1) is 29.5. The van der Waals surface area contributed by atoms with Crippen LogP contribution >= 0.6 is 0 Å². The number of rotatable bonds is 5. The zero-order valence-electron chi connectivity index (χ0n) is 32.9. The number of benzene rings is 8. The fourth-order valence-electron chi connectivity index (χ4n) is 9.15. The maximum atomic E-state index is 6.92. The van der Waals surface area contributed by atoms with Gasteiger partial charge in [-0.2, -0.15) is 0 Å². The smallest absolute Gasteiger partial charge is 0.178 e. The normalized spacial score (nSPS) is 13.2. The van der Waals surface area contributed by atoms with Crippen LogP contribution in [0.2, 0.25) is 0 Å². The molecule has 2 aliphatic rings. The molecule has 0 fully saturated rings. The molecular formula is C55H36N2O3. The van der Waals surface area contributed by atoms with E-state index in [2.05, 4.69) is 147 Å². The molecule has 1 aliphatic heterocycles. The monoisotopic (exact) mass is 772 g/mol. The predicted octanol–water partition coefficient (Wildman–Crippen LogP) is 14.9. The van der Waals surface area contributed by atoms with Crippen molar-refractivity contribution in [1.82, 2.24) is 9.97 Å². The summed E-state index contributed by atoms with van der Waals surface area (Å²) < 4.78 is 19.8. The van der Waals surface area contributed by atoms with Crippen molar-refractivity contribution < 1.29 is 13.9 Å². The van der Waals surface area contributed by atoms with E-state index in [4.69, 9.17) is 23.9 Å². The standard InChI is InChI=1S/C55H36N2O3/c1-55(2)43-19-8-6-15-42(43)50-44(55)30-31-49-53(50)60-52-39(17-11-21-48(52)58-49)34-24-28-37(29-25-34)54-56-45(35-12-4-3-5-13-35)32-46(57-54)36-26-22-33(23-27-36)38-16-10-18-41-40-14-7-9-20-47(40)59-51(38)41/h3-32H,1-2H3. The van der Waals surface area contributed by atoms with Gasteiger partial charge >= 0.3 is 0 Å². The van der Waals surface area contributed by atoms with Crippen molar-refractivity contribution in [3.63, 3.8) is 0 Å². The van der Waals surface area contributed by atoms with E-state index in [-0.39, 0.29) is 5.41 Å². The van der Waals surface area contributed by atoms with Crippen LogP contribution in [-0.4, -0.2) is 9.97 Å². The van der Waals surface area contributed by atoms with Crippen LogP contribution in [-0.2, 0) is 5.41 Å². The van der Waals surface area contributed by atoms with E-state index in [0.717, 1.165) is 89.3 Å². The van der Waals surface area contributed by atoms with Gasteiger partial charge in [-0.05, 0) is 52.1 Å². The lowest BCUT2D eigenvalue weighted by atomic mass is 9.82. The second-order valence-electron chi connectivity index (χ2n) is 16.1. The molecule has 60 heavy (non-hydrogen) atoms. The van der Waals surface area contributed by atoms with Gasteiger partial charge in [-0.1, -0.05) is 172 Å². The molecule has 1 aliphatic carbocycles. The third kappa shape index (κ3) is 5.33. The van der Waals surface area contributed by atoms with Crippen LogP contribution in [0.3, 0.4) is 0 Å². The van der Waals surface area contributed by atoms with E-state index in [1.54, 1.807) is 0 Å². The first kappa shape index (κ1) is 34.3. The van der Waals surface area contributed by atoms with Gasteiger partial charge in [0.1, 0.15) is 11.2 Å². The average Bonchev–Trinajstić information content (AvgIpc) is 3.80. The Morgan fingerprint density at radius 1 is 0.417 bits per heavy atom. The molecule has 0 bridgehead atoms. The molecule has 8 aromatic carbocycles. The van der Waals surface area contributed by atoms with Crippen LogP contribution in [0.1, 0.15) is 25.0 Å². The van der Waals surface area contributed by atoms with Gasteiger partial charge in [0.2, 0.25) is 0 Å². The van der Waals surface area contributed by atoms with E-state index >= 15 is 0 Å². The predicted molar refractivity (Wildman–Crippen MR) is 241 cm³/mol. The third-order valence-corrected chi connectivity index (χ3v) is 12.2. The lowest BCUT2D eigenvalue weighted by molar-refractivity contribution is 0.361. The van der Waals surface area contributed by atoms with Crippen molar-refractivity contribution >= 4 is 21.9 Å². The molecule has 0 spiro atoms. The summed E-state index contributed by atoms with van der Waals surface area (Å²) in [5.74, 6) is 3.54.